The van der Waals surface area contributed by atoms with E-state index in [0.717, 1.165) is 16.5 Å². The zero-order valence-electron chi connectivity index (χ0n) is 43.5. The number of nitrogens with zero attached hydrogens (tertiary/aromatic N) is 2. The lowest BCUT2D eigenvalue weighted by molar-refractivity contribution is -0.137. The van der Waals surface area contributed by atoms with E-state index in [0.29, 0.717) is 11.3 Å². The van der Waals surface area contributed by atoms with Gasteiger partial charge >= 0.3 is 0 Å². The molecule has 24 heteroatoms. The number of primary amides is 2. The van der Waals surface area contributed by atoms with Crippen LogP contribution in [0, 0.1) is 11.8 Å². The molecule has 0 bridgehead atoms. The molecule has 2 aromatic carbocycles. The lowest BCUT2D eigenvalue weighted by Crippen LogP contribution is -2.58. The maximum Gasteiger partial charge on any atom is 0.245 e. The number of H-pyrrole nitrogens is 2. The Labute approximate surface area is 440 Å². The number of rotatable bonds is 29. The molecule has 1 saturated heterocycles. The summed E-state index contributed by atoms with van der Waals surface area (Å²) in [6.45, 7) is 8.38. The monoisotopic (exact) mass is 1050 g/mol. The number of nitrogens with two attached hydrogens (primary N) is 3. The van der Waals surface area contributed by atoms with E-state index in [-0.39, 0.29) is 69.7 Å². The van der Waals surface area contributed by atoms with E-state index in [9.17, 15) is 47.9 Å². The molecular formula is C52H72N14O10. The Kier molecular flexibility index (Phi) is 21.6. The lowest BCUT2D eigenvalue weighted by atomic mass is 9.99. The van der Waals surface area contributed by atoms with Gasteiger partial charge in [-0.05, 0) is 68.1 Å². The number of para-hydroxylation sites is 1. The molecule has 1 fully saturated rings. The number of aromatic amines is 2. The number of aromatic nitrogens is 3. The number of nitrogens with one attached hydrogen (secondary N) is 9. The Morgan fingerprint density at radius 2 is 1.26 bits per heavy atom. The number of carbonyl (C=O) groups is 10. The smallest absolute Gasteiger partial charge is 0.245 e. The standard InChI is InChI=1S/C52H72N14O10/c1-28(2)19-39(45(55)69)63-50(74)40(20-29(3)4)64-51(75)42(23-33-25-56-27-58-33)60-44(68)26-66-18-17-38(52(66)76)62-46(70)30(5)59-49(73)41(22-32-24-57-36-14-10-9-13-34(32)36)65-48(72)37(15-16-43(54)67)61-47(71)35(53)21-31-11-7-6-8-12-31/h6-14,24-25,27-30,35,37-42,57H,15-23,26,53H2,1-5H3,(H2,54,67)(H2,55,69)(H,56,58)(H,59,73)(H,60,68)(H,61,71)(H,62,70)(H,63,74)(H,64,75)(H,65,72)/t30-,35+,37-,38+,39-,40-,41-,42-/m0/s1. The zero-order chi connectivity index (χ0) is 55.6. The highest BCUT2D eigenvalue weighted by Gasteiger charge is 2.37. The van der Waals surface area contributed by atoms with Crippen molar-refractivity contribution in [1.82, 2.24) is 57.1 Å². The Bertz CT molecular complexity index is 2680. The fourth-order valence-electron chi connectivity index (χ4n) is 8.71. The van der Waals surface area contributed by atoms with Gasteiger partial charge in [0.25, 0.3) is 0 Å². The van der Waals surface area contributed by atoms with Crippen LogP contribution in [0.2, 0.25) is 0 Å². The quantitative estimate of drug-likeness (QED) is 0.0303. The lowest BCUT2D eigenvalue weighted by Gasteiger charge is -2.26. The average molecular weight is 1050 g/mol. The second-order valence-corrected chi connectivity index (χ2v) is 20.0. The molecule has 1 aliphatic rings. The Hall–Kier alpha value is -8.15. The molecule has 0 saturated carbocycles. The van der Waals surface area contributed by atoms with Crippen LogP contribution in [0.1, 0.15) is 83.5 Å². The number of hydrogen-bond donors (Lipinski definition) is 12. The van der Waals surface area contributed by atoms with Crippen molar-refractivity contribution in [1.29, 1.82) is 0 Å². The van der Waals surface area contributed by atoms with Crippen LogP contribution in [-0.2, 0) is 67.2 Å². The molecule has 4 aromatic rings. The van der Waals surface area contributed by atoms with Gasteiger partial charge in [-0.2, -0.15) is 0 Å². The Morgan fingerprint density at radius 1 is 0.671 bits per heavy atom. The van der Waals surface area contributed by atoms with Crippen molar-refractivity contribution in [2.45, 2.75) is 134 Å². The van der Waals surface area contributed by atoms with Crippen LogP contribution in [0.5, 0.6) is 0 Å². The maximum absolute atomic E-state index is 14.1. The van der Waals surface area contributed by atoms with Crippen LogP contribution in [0.25, 0.3) is 10.9 Å². The third-order valence-corrected chi connectivity index (χ3v) is 12.7. The summed E-state index contributed by atoms with van der Waals surface area (Å²) in [4.78, 5) is 145. The van der Waals surface area contributed by atoms with E-state index in [2.05, 4.69) is 52.2 Å². The molecule has 24 nitrogen and oxygen atoms in total. The second kappa shape index (κ2) is 27.9. The van der Waals surface area contributed by atoms with Crippen molar-refractivity contribution in [2.24, 2.45) is 29.0 Å². The van der Waals surface area contributed by atoms with Crippen LogP contribution in [-0.4, -0.2) is 140 Å². The number of imidazole rings is 1. The molecule has 5 rings (SSSR count). The molecule has 0 spiro atoms. The summed E-state index contributed by atoms with van der Waals surface area (Å²) in [5.41, 5.74) is 19.9. The molecule has 0 aliphatic carbocycles. The summed E-state index contributed by atoms with van der Waals surface area (Å²) >= 11 is 0. The minimum Gasteiger partial charge on any atom is -0.370 e. The predicted octanol–water partition coefficient (Wildman–Crippen LogP) is -1.27. The second-order valence-electron chi connectivity index (χ2n) is 20.0. The van der Waals surface area contributed by atoms with Crippen molar-refractivity contribution in [3.63, 3.8) is 0 Å². The molecular weight excluding hydrogens is 981 g/mol. The maximum atomic E-state index is 14.1. The minimum atomic E-state index is -1.34. The molecule has 15 N–H and O–H groups in total. The molecule has 8 atom stereocenters. The molecule has 410 valence electrons. The molecule has 0 radical (unpaired) electrons. The van der Waals surface area contributed by atoms with Crippen molar-refractivity contribution in [3.8, 4) is 0 Å². The van der Waals surface area contributed by atoms with Gasteiger partial charge < -0.3 is 69.3 Å². The minimum absolute atomic E-state index is 0.0302. The van der Waals surface area contributed by atoms with E-state index in [1.165, 1.54) is 24.3 Å². The van der Waals surface area contributed by atoms with Crippen LogP contribution in [0.4, 0.5) is 0 Å². The molecule has 0 unspecified atom stereocenters. The van der Waals surface area contributed by atoms with Gasteiger partial charge in [-0.25, -0.2) is 4.98 Å². The number of amides is 10. The summed E-state index contributed by atoms with van der Waals surface area (Å²) in [6.07, 6.45) is 4.63. The van der Waals surface area contributed by atoms with Crippen LogP contribution < -0.4 is 54.4 Å². The molecule has 76 heavy (non-hydrogen) atoms. The van der Waals surface area contributed by atoms with Crippen molar-refractivity contribution in [2.75, 3.05) is 13.1 Å². The number of hydrogen-bond acceptors (Lipinski definition) is 12. The predicted molar refractivity (Wildman–Crippen MR) is 279 cm³/mol. The number of carbonyl (C=O) groups excluding carboxylic acids is 10. The SMILES string of the molecule is CC(C)C[C@H](NC(=O)[C@H](CC(C)C)NC(=O)[C@H](Cc1cnc[nH]1)NC(=O)CN1CC[C@@H](NC(=O)[C@H](C)NC(=O)[C@H](Cc2c[nH]c3ccccc23)NC(=O)[C@H](CCC(N)=O)NC(=O)[C@H](N)Cc2ccccc2)C1=O)C(N)=O. The van der Waals surface area contributed by atoms with Gasteiger partial charge in [-0.1, -0.05) is 76.2 Å². The third kappa shape index (κ3) is 17.8. The average Bonchev–Trinajstić information content (AvgIpc) is 4.12. The number of benzene rings is 2. The van der Waals surface area contributed by atoms with Crippen molar-refractivity contribution < 1.29 is 47.9 Å². The van der Waals surface area contributed by atoms with Gasteiger partial charge in [0.05, 0.1) is 18.9 Å². The molecule has 1 aliphatic heterocycles. The van der Waals surface area contributed by atoms with Crippen LogP contribution in [0.3, 0.4) is 0 Å². The van der Waals surface area contributed by atoms with Gasteiger partial charge in [0.1, 0.15) is 42.3 Å². The topological polar surface area (TPSA) is 381 Å². The largest absolute Gasteiger partial charge is 0.370 e. The summed E-state index contributed by atoms with van der Waals surface area (Å²) in [6, 6.07) is 6.87. The van der Waals surface area contributed by atoms with E-state index in [4.69, 9.17) is 17.2 Å². The summed E-state index contributed by atoms with van der Waals surface area (Å²) < 4.78 is 0. The van der Waals surface area contributed by atoms with Crippen LogP contribution >= 0.6 is 0 Å². The number of fused-ring (bicyclic) bond motifs is 1. The van der Waals surface area contributed by atoms with Gasteiger partial charge in [0.15, 0.2) is 0 Å². The normalized spacial score (nSPS) is 16.1. The van der Waals surface area contributed by atoms with Gasteiger partial charge in [0, 0.05) is 54.8 Å². The summed E-state index contributed by atoms with van der Waals surface area (Å²) in [5.74, 6) is -7.18. The Balaban J connectivity index is 1.23. The first-order valence-corrected chi connectivity index (χ1v) is 25.4. The van der Waals surface area contributed by atoms with Gasteiger partial charge in [-0.3, -0.25) is 47.9 Å². The summed E-state index contributed by atoms with van der Waals surface area (Å²) in [7, 11) is 0. The zero-order valence-corrected chi connectivity index (χ0v) is 43.5. The fraction of sp³-hybridized carbons (Fsp3) is 0.481. The van der Waals surface area contributed by atoms with Crippen molar-refractivity contribution >= 4 is 70.0 Å². The highest BCUT2D eigenvalue weighted by atomic mass is 16.2. The van der Waals surface area contributed by atoms with E-state index >= 15 is 0 Å². The first-order chi connectivity index (χ1) is 36.1. The number of likely N-dealkylation sites (tertiary alicyclic amines) is 1. The molecule has 2 aromatic heterocycles. The van der Waals surface area contributed by atoms with E-state index in [1.54, 1.807) is 36.5 Å². The first kappa shape index (κ1) is 58.7. The molecule has 3 heterocycles. The highest BCUT2D eigenvalue weighted by Crippen LogP contribution is 2.20. The van der Waals surface area contributed by atoms with E-state index < -0.39 is 114 Å². The summed E-state index contributed by atoms with van der Waals surface area (Å²) in [5, 5.41) is 19.3. The fourth-order valence-corrected chi connectivity index (χ4v) is 8.71. The Morgan fingerprint density at radius 3 is 1.92 bits per heavy atom. The third-order valence-electron chi connectivity index (χ3n) is 12.7. The van der Waals surface area contributed by atoms with E-state index in [1.807, 2.05) is 52.0 Å². The van der Waals surface area contributed by atoms with Crippen molar-refractivity contribution in [3.05, 3.63) is 90.1 Å². The van der Waals surface area contributed by atoms with Gasteiger partial charge in [-0.15, -0.1) is 0 Å². The molecule has 10 amide bonds. The highest BCUT2D eigenvalue weighted by molar-refractivity contribution is 5.98. The van der Waals surface area contributed by atoms with Crippen LogP contribution in [0.15, 0.2) is 73.3 Å². The first-order valence-electron chi connectivity index (χ1n) is 25.4. The van der Waals surface area contributed by atoms with Gasteiger partial charge in [0.2, 0.25) is 59.1 Å².